The molecular weight excluding hydrogens is 186 g/mol. The summed E-state index contributed by atoms with van der Waals surface area (Å²) >= 11 is 0. The zero-order chi connectivity index (χ0) is 10.7. The van der Waals surface area contributed by atoms with E-state index in [0.29, 0.717) is 11.7 Å². The summed E-state index contributed by atoms with van der Waals surface area (Å²) in [4.78, 5) is 25.1. The normalized spacial score (nSPS) is 10.1. The van der Waals surface area contributed by atoms with Crippen molar-refractivity contribution in [2.24, 2.45) is 11.5 Å². The second kappa shape index (κ2) is 3.91. The van der Waals surface area contributed by atoms with Gasteiger partial charge in [-0.1, -0.05) is 0 Å². The number of hydrogen-bond donors (Lipinski definition) is 2. The number of amides is 2. The van der Waals surface area contributed by atoms with Crippen molar-refractivity contribution in [3.63, 3.8) is 0 Å². The zero-order valence-corrected chi connectivity index (χ0v) is 7.74. The molecule has 0 radical (unpaired) electrons. The van der Waals surface area contributed by atoms with Crippen LogP contribution < -0.4 is 11.5 Å². The fourth-order valence-electron chi connectivity index (χ4n) is 1.02. The SMILES string of the molecule is Cc1oc(CCC(N)=O)nc1C(N)=O. The molecule has 6 heteroatoms. The van der Waals surface area contributed by atoms with Crippen molar-refractivity contribution in [3.05, 3.63) is 17.3 Å². The molecule has 1 heterocycles. The van der Waals surface area contributed by atoms with E-state index in [1.54, 1.807) is 6.92 Å². The molecule has 0 saturated heterocycles. The van der Waals surface area contributed by atoms with E-state index in [-0.39, 0.29) is 18.5 Å². The Morgan fingerprint density at radius 1 is 1.43 bits per heavy atom. The van der Waals surface area contributed by atoms with Crippen LogP contribution >= 0.6 is 0 Å². The number of oxazole rings is 1. The Bertz CT molecular complexity index is 370. The van der Waals surface area contributed by atoms with Crippen LogP contribution in [0.4, 0.5) is 0 Å². The lowest BCUT2D eigenvalue weighted by Crippen LogP contribution is -2.13. The molecule has 0 aromatic carbocycles. The summed E-state index contributed by atoms with van der Waals surface area (Å²) in [5.74, 6) is -0.426. The van der Waals surface area contributed by atoms with Gasteiger partial charge in [-0.05, 0) is 6.92 Å². The van der Waals surface area contributed by atoms with Gasteiger partial charge >= 0.3 is 0 Å². The van der Waals surface area contributed by atoms with Gasteiger partial charge in [0.25, 0.3) is 5.91 Å². The zero-order valence-electron chi connectivity index (χ0n) is 7.74. The number of carbonyl (C=O) groups is 2. The third kappa shape index (κ3) is 2.32. The maximum absolute atomic E-state index is 10.8. The topological polar surface area (TPSA) is 112 Å². The Hall–Kier alpha value is -1.85. The molecule has 0 aliphatic carbocycles. The van der Waals surface area contributed by atoms with E-state index >= 15 is 0 Å². The smallest absolute Gasteiger partial charge is 0.270 e. The first-order chi connectivity index (χ1) is 6.50. The van der Waals surface area contributed by atoms with Crippen LogP contribution in [0, 0.1) is 6.92 Å². The molecule has 2 amide bonds. The van der Waals surface area contributed by atoms with Crippen molar-refractivity contribution in [2.45, 2.75) is 19.8 Å². The quantitative estimate of drug-likeness (QED) is 0.677. The molecule has 0 aliphatic heterocycles. The van der Waals surface area contributed by atoms with Crippen LogP contribution in [0.2, 0.25) is 0 Å². The highest BCUT2D eigenvalue weighted by atomic mass is 16.4. The second-order valence-corrected chi connectivity index (χ2v) is 2.84. The van der Waals surface area contributed by atoms with E-state index in [1.807, 2.05) is 0 Å². The molecule has 0 bridgehead atoms. The van der Waals surface area contributed by atoms with Crippen LogP contribution in [0.3, 0.4) is 0 Å². The van der Waals surface area contributed by atoms with Gasteiger partial charge in [0.05, 0.1) is 0 Å². The fraction of sp³-hybridized carbons (Fsp3) is 0.375. The lowest BCUT2D eigenvalue weighted by atomic mass is 10.3. The molecule has 0 saturated carbocycles. The Morgan fingerprint density at radius 3 is 2.50 bits per heavy atom. The highest BCUT2D eigenvalue weighted by Crippen LogP contribution is 2.10. The van der Waals surface area contributed by atoms with Gasteiger partial charge in [-0.2, -0.15) is 0 Å². The van der Waals surface area contributed by atoms with Crippen LogP contribution in [-0.2, 0) is 11.2 Å². The summed E-state index contributed by atoms with van der Waals surface area (Å²) in [7, 11) is 0. The minimum atomic E-state index is -0.642. The van der Waals surface area contributed by atoms with E-state index in [2.05, 4.69) is 4.98 Å². The molecule has 76 valence electrons. The number of aromatic nitrogens is 1. The van der Waals surface area contributed by atoms with Crippen LogP contribution in [0.5, 0.6) is 0 Å². The molecule has 1 rings (SSSR count). The number of nitrogens with zero attached hydrogens (tertiary/aromatic N) is 1. The Balaban J connectivity index is 2.76. The van der Waals surface area contributed by atoms with Gasteiger partial charge < -0.3 is 15.9 Å². The number of aryl methyl sites for hydroxylation is 2. The van der Waals surface area contributed by atoms with Crippen molar-refractivity contribution in [2.75, 3.05) is 0 Å². The number of hydrogen-bond acceptors (Lipinski definition) is 4. The Labute approximate surface area is 80.3 Å². The first-order valence-electron chi connectivity index (χ1n) is 4.05. The summed E-state index contributed by atoms with van der Waals surface area (Å²) in [6.07, 6.45) is 0.418. The molecule has 0 unspecified atom stereocenters. The molecule has 4 N–H and O–H groups in total. The average molecular weight is 197 g/mol. The van der Waals surface area contributed by atoms with Crippen LogP contribution in [0.25, 0.3) is 0 Å². The third-order valence-electron chi connectivity index (χ3n) is 1.66. The van der Waals surface area contributed by atoms with Gasteiger partial charge in [-0.25, -0.2) is 4.98 Å². The molecular formula is C8H11N3O3. The summed E-state index contributed by atoms with van der Waals surface area (Å²) in [6.45, 7) is 1.58. The molecule has 6 nitrogen and oxygen atoms in total. The third-order valence-corrected chi connectivity index (χ3v) is 1.66. The van der Waals surface area contributed by atoms with Crippen LogP contribution in [-0.4, -0.2) is 16.8 Å². The fourth-order valence-corrected chi connectivity index (χ4v) is 1.02. The van der Waals surface area contributed by atoms with Crippen molar-refractivity contribution in [1.29, 1.82) is 0 Å². The summed E-state index contributed by atoms with van der Waals surface area (Å²) in [5, 5.41) is 0. The van der Waals surface area contributed by atoms with E-state index in [4.69, 9.17) is 15.9 Å². The Kier molecular flexibility index (Phi) is 2.85. The van der Waals surface area contributed by atoms with Crippen LogP contribution in [0.15, 0.2) is 4.42 Å². The molecule has 0 aliphatic rings. The molecule has 1 aromatic heterocycles. The number of nitrogens with two attached hydrogens (primary N) is 2. The van der Waals surface area contributed by atoms with Gasteiger partial charge in [0, 0.05) is 12.8 Å². The lowest BCUT2D eigenvalue weighted by Gasteiger charge is -1.89. The van der Waals surface area contributed by atoms with E-state index in [9.17, 15) is 9.59 Å². The Morgan fingerprint density at radius 2 is 2.07 bits per heavy atom. The van der Waals surface area contributed by atoms with Gasteiger partial charge in [0.2, 0.25) is 5.91 Å². The van der Waals surface area contributed by atoms with Gasteiger partial charge in [-0.3, -0.25) is 9.59 Å². The monoisotopic (exact) mass is 197 g/mol. The maximum Gasteiger partial charge on any atom is 0.270 e. The van der Waals surface area contributed by atoms with Gasteiger partial charge in [-0.15, -0.1) is 0 Å². The predicted octanol–water partition coefficient (Wildman–Crippen LogP) is -0.500. The van der Waals surface area contributed by atoms with Crippen molar-refractivity contribution < 1.29 is 14.0 Å². The lowest BCUT2D eigenvalue weighted by molar-refractivity contribution is -0.118. The number of primary amides is 2. The highest BCUT2D eigenvalue weighted by Gasteiger charge is 2.14. The maximum atomic E-state index is 10.8. The average Bonchev–Trinajstić information content (AvgIpc) is 2.43. The molecule has 0 spiro atoms. The summed E-state index contributed by atoms with van der Waals surface area (Å²) < 4.78 is 5.11. The van der Waals surface area contributed by atoms with E-state index in [0.717, 1.165) is 0 Å². The van der Waals surface area contributed by atoms with E-state index < -0.39 is 11.8 Å². The molecule has 14 heavy (non-hydrogen) atoms. The summed E-state index contributed by atoms with van der Waals surface area (Å²) in [5.41, 5.74) is 10.1. The van der Waals surface area contributed by atoms with Crippen molar-refractivity contribution in [1.82, 2.24) is 4.98 Å². The van der Waals surface area contributed by atoms with Crippen molar-refractivity contribution in [3.8, 4) is 0 Å². The minimum Gasteiger partial charge on any atom is -0.445 e. The molecule has 0 fully saturated rings. The number of carbonyl (C=O) groups excluding carboxylic acids is 2. The van der Waals surface area contributed by atoms with Crippen molar-refractivity contribution >= 4 is 11.8 Å². The van der Waals surface area contributed by atoms with Gasteiger partial charge in [0.1, 0.15) is 5.76 Å². The molecule has 0 atom stereocenters. The van der Waals surface area contributed by atoms with Crippen LogP contribution in [0.1, 0.15) is 28.6 Å². The van der Waals surface area contributed by atoms with Gasteiger partial charge in [0.15, 0.2) is 11.6 Å². The predicted molar refractivity (Wildman–Crippen MR) is 47.3 cm³/mol. The molecule has 1 aromatic rings. The first kappa shape index (κ1) is 10.2. The standard InChI is InChI=1S/C8H11N3O3/c1-4-7(8(10)13)11-6(14-4)3-2-5(9)12/h2-3H2,1H3,(H2,9,12)(H2,10,13). The summed E-state index contributed by atoms with van der Waals surface area (Å²) in [6, 6.07) is 0. The second-order valence-electron chi connectivity index (χ2n) is 2.84. The minimum absolute atomic E-state index is 0.101. The largest absolute Gasteiger partial charge is 0.445 e. The van der Waals surface area contributed by atoms with E-state index in [1.165, 1.54) is 0 Å². The highest BCUT2D eigenvalue weighted by molar-refractivity contribution is 5.91. The number of rotatable bonds is 4. The first-order valence-corrected chi connectivity index (χ1v) is 4.05.